The lowest BCUT2D eigenvalue weighted by Gasteiger charge is -2.35. The number of rotatable bonds is 4. The molecule has 32 heavy (non-hydrogen) atoms. The Morgan fingerprint density at radius 1 is 1.06 bits per heavy atom. The molecule has 1 saturated heterocycles. The van der Waals surface area contributed by atoms with Gasteiger partial charge in [-0.25, -0.2) is 4.39 Å². The summed E-state index contributed by atoms with van der Waals surface area (Å²) in [5.74, 6) is -1.57. The molecule has 0 spiro atoms. The van der Waals surface area contributed by atoms with Crippen molar-refractivity contribution < 1.29 is 18.8 Å². The number of aryl methyl sites for hydroxylation is 1. The number of primary amides is 1. The molecule has 1 fully saturated rings. The maximum Gasteiger partial charge on any atom is 0.257 e. The quantitative estimate of drug-likeness (QED) is 0.654. The zero-order chi connectivity index (χ0) is 23.0. The number of nitrogens with one attached hydrogen (secondary N) is 1. The summed E-state index contributed by atoms with van der Waals surface area (Å²) in [6.45, 7) is 3.58. The molecule has 9 heteroatoms. The Kier molecular flexibility index (Phi) is 5.56. The topological polar surface area (TPSA) is 101 Å². The normalized spacial score (nSPS) is 14.0. The number of nitrogens with two attached hydrogens (primary N) is 1. The van der Waals surface area contributed by atoms with E-state index in [-0.39, 0.29) is 22.4 Å². The average Bonchev–Trinajstić information content (AvgIpc) is 3.12. The first-order valence-corrected chi connectivity index (χ1v) is 10.3. The monoisotopic (exact) mass is 437 g/mol. The summed E-state index contributed by atoms with van der Waals surface area (Å²) in [5.41, 5.74) is 7.13. The molecule has 0 unspecified atom stereocenters. The molecular weight excluding hydrogens is 413 g/mol. The van der Waals surface area contributed by atoms with Gasteiger partial charge in [-0.1, -0.05) is 6.07 Å². The fourth-order valence-electron chi connectivity index (χ4n) is 4.06. The van der Waals surface area contributed by atoms with Crippen LogP contribution in [0.25, 0.3) is 10.9 Å². The summed E-state index contributed by atoms with van der Waals surface area (Å²) < 4.78 is 17.4. The van der Waals surface area contributed by atoms with Crippen LogP contribution < -0.4 is 16.0 Å². The SMILES string of the molecule is CC(=O)N1CCN(c2ccc3c(c(C(=O)Nc4cccc(C(N)=O)c4)cn3C)c2F)CC1. The predicted octanol–water partition coefficient (Wildman–Crippen LogP) is 2.34. The third-order valence-electron chi connectivity index (χ3n) is 5.79. The van der Waals surface area contributed by atoms with Crippen LogP contribution in [0.2, 0.25) is 0 Å². The molecule has 166 valence electrons. The van der Waals surface area contributed by atoms with Gasteiger partial charge in [0.15, 0.2) is 5.82 Å². The molecule has 2 aromatic carbocycles. The zero-order valence-corrected chi connectivity index (χ0v) is 17.9. The number of carbonyl (C=O) groups excluding carboxylic acids is 3. The van der Waals surface area contributed by atoms with Crippen LogP contribution in [-0.4, -0.2) is 53.4 Å². The molecule has 0 bridgehead atoms. The summed E-state index contributed by atoms with van der Waals surface area (Å²) >= 11 is 0. The second-order valence-corrected chi connectivity index (χ2v) is 7.84. The largest absolute Gasteiger partial charge is 0.366 e. The summed E-state index contributed by atoms with van der Waals surface area (Å²) in [5, 5.41) is 2.94. The van der Waals surface area contributed by atoms with E-state index in [0.29, 0.717) is 43.1 Å². The first kappa shape index (κ1) is 21.4. The lowest BCUT2D eigenvalue weighted by molar-refractivity contribution is -0.129. The number of amides is 3. The van der Waals surface area contributed by atoms with E-state index in [4.69, 9.17) is 5.73 Å². The van der Waals surface area contributed by atoms with Crippen LogP contribution in [0.1, 0.15) is 27.6 Å². The Morgan fingerprint density at radius 2 is 1.78 bits per heavy atom. The molecule has 2 heterocycles. The molecular formula is C23H24FN5O3. The smallest absolute Gasteiger partial charge is 0.257 e. The van der Waals surface area contributed by atoms with Crippen LogP contribution in [-0.2, 0) is 11.8 Å². The minimum absolute atomic E-state index is 0.00277. The van der Waals surface area contributed by atoms with Crippen LogP contribution in [0.5, 0.6) is 0 Å². The number of hydrogen-bond acceptors (Lipinski definition) is 4. The number of piperazine rings is 1. The molecule has 3 aromatic rings. The van der Waals surface area contributed by atoms with Gasteiger partial charge in [-0.2, -0.15) is 0 Å². The summed E-state index contributed by atoms with van der Waals surface area (Å²) in [6.07, 6.45) is 1.58. The predicted molar refractivity (Wildman–Crippen MR) is 120 cm³/mol. The van der Waals surface area contributed by atoms with Gasteiger partial charge in [0.2, 0.25) is 11.8 Å². The highest BCUT2D eigenvalue weighted by atomic mass is 19.1. The first-order chi connectivity index (χ1) is 15.3. The number of fused-ring (bicyclic) bond motifs is 1. The number of carbonyl (C=O) groups is 3. The zero-order valence-electron chi connectivity index (χ0n) is 17.9. The molecule has 0 radical (unpaired) electrons. The van der Waals surface area contributed by atoms with Crippen molar-refractivity contribution in [3.8, 4) is 0 Å². The van der Waals surface area contributed by atoms with Gasteiger partial charge in [-0.05, 0) is 30.3 Å². The van der Waals surface area contributed by atoms with Crippen molar-refractivity contribution in [1.29, 1.82) is 0 Å². The van der Waals surface area contributed by atoms with Crippen LogP contribution in [0.4, 0.5) is 15.8 Å². The van der Waals surface area contributed by atoms with Gasteiger partial charge >= 0.3 is 0 Å². The Morgan fingerprint density at radius 3 is 2.44 bits per heavy atom. The van der Waals surface area contributed by atoms with E-state index >= 15 is 4.39 Å². The molecule has 3 amide bonds. The van der Waals surface area contributed by atoms with E-state index in [2.05, 4.69) is 5.32 Å². The van der Waals surface area contributed by atoms with Crippen LogP contribution >= 0.6 is 0 Å². The lowest BCUT2D eigenvalue weighted by atomic mass is 10.1. The highest BCUT2D eigenvalue weighted by molar-refractivity contribution is 6.14. The average molecular weight is 437 g/mol. The molecule has 1 aliphatic heterocycles. The highest BCUT2D eigenvalue weighted by Crippen LogP contribution is 2.32. The van der Waals surface area contributed by atoms with Crippen LogP contribution in [0.15, 0.2) is 42.6 Å². The molecule has 4 rings (SSSR count). The lowest BCUT2D eigenvalue weighted by Crippen LogP contribution is -2.48. The van der Waals surface area contributed by atoms with Crippen molar-refractivity contribution in [2.75, 3.05) is 36.4 Å². The van der Waals surface area contributed by atoms with E-state index in [1.54, 1.807) is 53.0 Å². The second kappa shape index (κ2) is 8.33. The molecule has 3 N–H and O–H groups in total. The van der Waals surface area contributed by atoms with E-state index in [1.807, 2.05) is 4.90 Å². The fraction of sp³-hybridized carbons (Fsp3) is 0.261. The standard InChI is InChI=1S/C23H24FN5O3/c1-14(30)28-8-10-29(11-9-28)19-7-6-18-20(21(19)24)17(13-27(18)2)23(32)26-16-5-3-4-15(12-16)22(25)31/h3-7,12-13H,8-11H2,1-2H3,(H2,25,31)(H,26,32). The Balaban J connectivity index is 1.66. The van der Waals surface area contributed by atoms with E-state index in [9.17, 15) is 14.4 Å². The molecule has 0 atom stereocenters. The van der Waals surface area contributed by atoms with Gasteiger partial charge in [0.1, 0.15) is 0 Å². The van der Waals surface area contributed by atoms with Crippen LogP contribution in [0.3, 0.4) is 0 Å². The third kappa shape index (κ3) is 3.89. The van der Waals surface area contributed by atoms with Crippen molar-refractivity contribution >= 4 is 40.0 Å². The Hall–Kier alpha value is -3.88. The van der Waals surface area contributed by atoms with Crippen molar-refractivity contribution in [3.05, 3.63) is 59.5 Å². The number of hydrogen-bond donors (Lipinski definition) is 2. The maximum atomic E-state index is 15.7. The van der Waals surface area contributed by atoms with E-state index in [0.717, 1.165) is 0 Å². The molecule has 1 aliphatic rings. The second-order valence-electron chi connectivity index (χ2n) is 7.84. The number of halogens is 1. The fourth-order valence-corrected chi connectivity index (χ4v) is 4.06. The molecule has 0 aliphatic carbocycles. The van der Waals surface area contributed by atoms with E-state index < -0.39 is 17.6 Å². The summed E-state index contributed by atoms with van der Waals surface area (Å²) in [7, 11) is 1.75. The highest BCUT2D eigenvalue weighted by Gasteiger charge is 2.25. The minimum atomic E-state index is -0.605. The van der Waals surface area contributed by atoms with Gasteiger partial charge in [-0.15, -0.1) is 0 Å². The van der Waals surface area contributed by atoms with Crippen molar-refractivity contribution in [2.45, 2.75) is 6.92 Å². The number of benzene rings is 2. The van der Waals surface area contributed by atoms with Gasteiger partial charge in [0.25, 0.3) is 5.91 Å². The van der Waals surface area contributed by atoms with Gasteiger partial charge < -0.3 is 25.4 Å². The third-order valence-corrected chi connectivity index (χ3v) is 5.79. The first-order valence-electron chi connectivity index (χ1n) is 10.3. The van der Waals surface area contributed by atoms with Crippen molar-refractivity contribution in [3.63, 3.8) is 0 Å². The van der Waals surface area contributed by atoms with Crippen LogP contribution in [0, 0.1) is 5.82 Å². The number of nitrogens with zero attached hydrogens (tertiary/aromatic N) is 3. The number of aromatic nitrogens is 1. The molecule has 0 saturated carbocycles. The minimum Gasteiger partial charge on any atom is -0.366 e. The van der Waals surface area contributed by atoms with Gasteiger partial charge in [0, 0.05) is 57.6 Å². The summed E-state index contributed by atoms with van der Waals surface area (Å²) in [4.78, 5) is 39.6. The van der Waals surface area contributed by atoms with Gasteiger partial charge in [0.05, 0.1) is 22.2 Å². The Labute approximate surface area is 184 Å². The number of anilines is 2. The maximum absolute atomic E-state index is 15.7. The molecule has 8 nitrogen and oxygen atoms in total. The van der Waals surface area contributed by atoms with Crippen molar-refractivity contribution in [1.82, 2.24) is 9.47 Å². The molecule has 1 aromatic heterocycles. The van der Waals surface area contributed by atoms with Crippen molar-refractivity contribution in [2.24, 2.45) is 12.8 Å². The van der Waals surface area contributed by atoms with Gasteiger partial charge in [-0.3, -0.25) is 14.4 Å². The van der Waals surface area contributed by atoms with E-state index in [1.165, 1.54) is 13.0 Å². The Bertz CT molecular complexity index is 1230. The summed E-state index contributed by atoms with van der Waals surface area (Å²) in [6, 6.07) is 9.76.